The second-order valence-electron chi connectivity index (χ2n) is 1.86. The Labute approximate surface area is 75.9 Å². The molecule has 6 N–H and O–H groups in total. The summed E-state index contributed by atoms with van der Waals surface area (Å²) in [6, 6.07) is 9.49. The summed E-state index contributed by atoms with van der Waals surface area (Å²) in [4.78, 5) is 0. The van der Waals surface area contributed by atoms with E-state index >= 15 is 0 Å². The lowest BCUT2D eigenvalue weighted by molar-refractivity contribution is 0.381. The van der Waals surface area contributed by atoms with Crippen LogP contribution < -0.4 is 5.73 Å². The second-order valence-corrected chi connectivity index (χ2v) is 2.75. The van der Waals surface area contributed by atoms with Crippen molar-refractivity contribution in [2.24, 2.45) is 0 Å². The number of benzene rings is 1. The molecule has 7 heteroatoms. The molecule has 0 aliphatic heterocycles. The molecule has 1 aromatic carbocycles. The molecule has 0 radical (unpaired) electrons. The minimum absolute atomic E-state index is 0. The molecule has 0 atom stereocenters. The molecule has 0 saturated carbocycles. The predicted octanol–water partition coefficient (Wildman–Crippen LogP) is -0.209. The van der Waals surface area contributed by atoms with Crippen LogP contribution in [-0.2, 0) is 10.4 Å². The highest BCUT2D eigenvalue weighted by Gasteiger charge is 1.84. The highest BCUT2D eigenvalue weighted by molar-refractivity contribution is 7.79. The summed E-state index contributed by atoms with van der Waals surface area (Å²) in [7, 11) is -4.67. The molecule has 0 fully saturated rings. The number of hydrogen-bond acceptors (Lipinski definition) is 3. The van der Waals surface area contributed by atoms with Crippen molar-refractivity contribution in [1.82, 2.24) is 0 Å². The first kappa shape index (κ1) is 14.4. The van der Waals surface area contributed by atoms with Crippen LogP contribution in [0.4, 0.5) is 5.69 Å². The van der Waals surface area contributed by atoms with E-state index in [2.05, 4.69) is 0 Å². The predicted molar refractivity (Wildman–Crippen MR) is 48.6 cm³/mol. The van der Waals surface area contributed by atoms with E-state index in [0.717, 1.165) is 5.69 Å². The Kier molecular flexibility index (Phi) is 7.05. The number of anilines is 1. The smallest absolute Gasteiger partial charge is 0.394 e. The van der Waals surface area contributed by atoms with Crippen LogP contribution in [0.25, 0.3) is 0 Å². The van der Waals surface area contributed by atoms with Crippen LogP contribution in [-0.4, -0.2) is 23.0 Å². The molecule has 76 valence electrons. The molecule has 13 heavy (non-hydrogen) atoms. The van der Waals surface area contributed by atoms with Gasteiger partial charge in [0.2, 0.25) is 0 Å². The molecule has 6 nitrogen and oxygen atoms in total. The Bertz CT molecular complexity index is 301. The molecule has 1 rings (SSSR count). The van der Waals surface area contributed by atoms with Crippen LogP contribution in [0.5, 0.6) is 0 Å². The molecule has 0 aliphatic carbocycles. The van der Waals surface area contributed by atoms with Crippen molar-refractivity contribution in [3.8, 4) is 0 Å². The van der Waals surface area contributed by atoms with E-state index in [4.69, 9.17) is 23.3 Å². The average molecular weight is 209 g/mol. The molecule has 0 heterocycles. The maximum absolute atomic E-state index is 8.74. The van der Waals surface area contributed by atoms with Gasteiger partial charge in [-0.25, -0.2) is 0 Å². The monoisotopic (exact) mass is 209 g/mol. The normalized spacial score (nSPS) is 9.08. The molecule has 0 aromatic heterocycles. The zero-order valence-electron chi connectivity index (χ0n) is 6.58. The fourth-order valence-electron chi connectivity index (χ4n) is 0.453. The standard InChI is InChI=1S/C6H7N.H2O4S.H2O/c7-6-4-2-1-3-5-6;1-5(2,3)4;/h1-5H,7H2;(H2,1,2,3,4);1H2. The lowest BCUT2D eigenvalue weighted by atomic mass is 10.3. The van der Waals surface area contributed by atoms with Gasteiger partial charge in [0, 0.05) is 5.69 Å². The fraction of sp³-hybridized carbons (Fsp3) is 0. The van der Waals surface area contributed by atoms with Crippen molar-refractivity contribution in [2.75, 3.05) is 5.73 Å². The topological polar surface area (TPSA) is 132 Å². The quantitative estimate of drug-likeness (QED) is 0.401. The molecule has 1 aromatic rings. The molecular weight excluding hydrogens is 198 g/mol. The van der Waals surface area contributed by atoms with Gasteiger partial charge in [-0.05, 0) is 12.1 Å². The third kappa shape index (κ3) is 18.1. The van der Waals surface area contributed by atoms with Gasteiger partial charge in [0.05, 0.1) is 0 Å². The molecule has 0 bridgehead atoms. The zero-order valence-corrected chi connectivity index (χ0v) is 7.40. The van der Waals surface area contributed by atoms with Crippen LogP contribution in [0.2, 0.25) is 0 Å². The zero-order chi connectivity index (χ0) is 9.61. The van der Waals surface area contributed by atoms with E-state index in [-0.39, 0.29) is 5.48 Å². The summed E-state index contributed by atoms with van der Waals surface area (Å²) in [5.74, 6) is 0. The van der Waals surface area contributed by atoms with Gasteiger partial charge in [-0.1, -0.05) is 18.2 Å². The summed E-state index contributed by atoms with van der Waals surface area (Å²) < 4.78 is 31.6. The summed E-state index contributed by atoms with van der Waals surface area (Å²) in [6.07, 6.45) is 0. The second kappa shape index (κ2) is 6.38. The Hall–Kier alpha value is -1.15. The molecular formula is C6H11NO5S. The van der Waals surface area contributed by atoms with E-state index in [1.807, 2.05) is 30.3 Å². The summed E-state index contributed by atoms with van der Waals surface area (Å²) >= 11 is 0. The van der Waals surface area contributed by atoms with Gasteiger partial charge in [0.15, 0.2) is 0 Å². The lowest BCUT2D eigenvalue weighted by Gasteiger charge is -1.83. The first-order valence-corrected chi connectivity index (χ1v) is 4.29. The number of hydrogen-bond donors (Lipinski definition) is 3. The molecule has 0 aliphatic rings. The molecule has 0 saturated heterocycles. The number of para-hydroxylation sites is 1. The Morgan fingerprint density at radius 1 is 1.08 bits per heavy atom. The largest absolute Gasteiger partial charge is 0.412 e. The summed E-state index contributed by atoms with van der Waals surface area (Å²) in [5, 5.41) is 0. The van der Waals surface area contributed by atoms with E-state index in [9.17, 15) is 0 Å². The van der Waals surface area contributed by atoms with Crippen LogP contribution in [0.3, 0.4) is 0 Å². The molecule has 0 spiro atoms. The van der Waals surface area contributed by atoms with Crippen LogP contribution in [0.15, 0.2) is 30.3 Å². The maximum Gasteiger partial charge on any atom is 0.394 e. The van der Waals surface area contributed by atoms with Gasteiger partial charge in [0.25, 0.3) is 0 Å². The van der Waals surface area contributed by atoms with Gasteiger partial charge in [-0.3, -0.25) is 9.11 Å². The Morgan fingerprint density at radius 2 is 1.38 bits per heavy atom. The highest BCUT2D eigenvalue weighted by Crippen LogP contribution is 1.95. The van der Waals surface area contributed by atoms with Crippen molar-refractivity contribution in [1.29, 1.82) is 0 Å². The van der Waals surface area contributed by atoms with E-state index in [1.165, 1.54) is 0 Å². The summed E-state index contributed by atoms with van der Waals surface area (Å²) in [5.41, 5.74) is 6.18. The fourth-order valence-corrected chi connectivity index (χ4v) is 0.453. The third-order valence-corrected chi connectivity index (χ3v) is 0.800. The molecule has 0 amide bonds. The summed E-state index contributed by atoms with van der Waals surface area (Å²) in [6.45, 7) is 0. The van der Waals surface area contributed by atoms with Crippen LogP contribution >= 0.6 is 0 Å². The first-order valence-electron chi connectivity index (χ1n) is 2.90. The highest BCUT2D eigenvalue weighted by atomic mass is 32.3. The van der Waals surface area contributed by atoms with Gasteiger partial charge < -0.3 is 11.2 Å². The van der Waals surface area contributed by atoms with Gasteiger partial charge in [0.1, 0.15) is 0 Å². The number of rotatable bonds is 0. The first-order chi connectivity index (χ1) is 5.39. The molecule has 0 unspecified atom stereocenters. The SMILES string of the molecule is Nc1ccccc1.O.O=S(=O)(O)O. The van der Waals surface area contributed by atoms with E-state index < -0.39 is 10.4 Å². The van der Waals surface area contributed by atoms with Crippen molar-refractivity contribution in [3.63, 3.8) is 0 Å². The van der Waals surface area contributed by atoms with Crippen molar-refractivity contribution >= 4 is 16.1 Å². The van der Waals surface area contributed by atoms with Gasteiger partial charge >= 0.3 is 10.4 Å². The van der Waals surface area contributed by atoms with Crippen molar-refractivity contribution in [3.05, 3.63) is 30.3 Å². The average Bonchev–Trinajstić information content (AvgIpc) is 1.85. The maximum atomic E-state index is 8.74. The Morgan fingerprint density at radius 3 is 1.54 bits per heavy atom. The minimum atomic E-state index is -4.67. The number of nitrogens with two attached hydrogens (primary N) is 1. The van der Waals surface area contributed by atoms with E-state index in [1.54, 1.807) is 0 Å². The third-order valence-electron chi connectivity index (χ3n) is 0.800. The van der Waals surface area contributed by atoms with Crippen LogP contribution in [0.1, 0.15) is 0 Å². The lowest BCUT2D eigenvalue weighted by Crippen LogP contribution is -1.89. The number of nitrogen functional groups attached to an aromatic ring is 1. The van der Waals surface area contributed by atoms with Crippen molar-refractivity contribution < 1.29 is 23.0 Å². The minimum Gasteiger partial charge on any atom is -0.412 e. The Balaban J connectivity index is 0. The van der Waals surface area contributed by atoms with Crippen molar-refractivity contribution in [2.45, 2.75) is 0 Å². The van der Waals surface area contributed by atoms with Gasteiger partial charge in [-0.15, -0.1) is 0 Å². The van der Waals surface area contributed by atoms with E-state index in [0.29, 0.717) is 0 Å². The van der Waals surface area contributed by atoms with Gasteiger partial charge in [-0.2, -0.15) is 8.42 Å². The van der Waals surface area contributed by atoms with Crippen LogP contribution in [0, 0.1) is 0 Å².